The van der Waals surface area contributed by atoms with E-state index in [0.29, 0.717) is 0 Å². The van der Waals surface area contributed by atoms with Crippen LogP contribution in [0.15, 0.2) is 23.8 Å². The molecule has 0 heterocycles. The molecule has 84 valence electrons. The minimum Gasteiger partial charge on any atom is -0.466 e. The largest absolute Gasteiger partial charge is 0.466 e. The molecular weight excluding hydrogens is 188 g/mol. The van der Waals surface area contributed by atoms with E-state index in [0.717, 1.165) is 31.3 Å². The molecule has 0 aromatic rings. The summed E-state index contributed by atoms with van der Waals surface area (Å²) in [7, 11) is 1.45. The molecule has 0 fully saturated rings. The third kappa shape index (κ3) is 2.31. The van der Waals surface area contributed by atoms with E-state index in [4.69, 9.17) is 4.74 Å². The van der Waals surface area contributed by atoms with Gasteiger partial charge in [-0.15, -0.1) is 6.58 Å². The van der Waals surface area contributed by atoms with Gasteiger partial charge in [0.05, 0.1) is 7.11 Å². The fraction of sp³-hybridized carbons (Fsp3) is 0.615. The number of methoxy groups -OCH3 is 1. The van der Waals surface area contributed by atoms with Crippen LogP contribution in [0, 0.1) is 5.41 Å². The Morgan fingerprint density at radius 2 is 2.33 bits per heavy atom. The molecule has 0 saturated heterocycles. The number of hydrogen-bond donors (Lipinski definition) is 0. The molecule has 2 heteroatoms. The highest BCUT2D eigenvalue weighted by Crippen LogP contribution is 2.43. The van der Waals surface area contributed by atoms with Crippen LogP contribution in [-0.4, -0.2) is 13.1 Å². The van der Waals surface area contributed by atoms with E-state index in [1.807, 2.05) is 13.0 Å². The van der Waals surface area contributed by atoms with Gasteiger partial charge in [0.25, 0.3) is 0 Å². The van der Waals surface area contributed by atoms with E-state index in [-0.39, 0.29) is 11.4 Å². The van der Waals surface area contributed by atoms with Crippen LogP contribution in [0.2, 0.25) is 0 Å². The highest BCUT2D eigenvalue weighted by atomic mass is 16.5. The van der Waals surface area contributed by atoms with Crippen molar-refractivity contribution in [2.24, 2.45) is 5.41 Å². The van der Waals surface area contributed by atoms with Crippen molar-refractivity contribution in [3.63, 3.8) is 0 Å². The second-order valence-corrected chi connectivity index (χ2v) is 4.55. The van der Waals surface area contributed by atoms with Gasteiger partial charge in [0.2, 0.25) is 0 Å². The number of hydrogen-bond acceptors (Lipinski definition) is 2. The Kier molecular flexibility index (Phi) is 3.72. The van der Waals surface area contributed by atoms with Crippen LogP contribution in [0.4, 0.5) is 0 Å². The lowest BCUT2D eigenvalue weighted by Crippen LogP contribution is -2.29. The highest BCUT2D eigenvalue weighted by molar-refractivity contribution is 5.91. The highest BCUT2D eigenvalue weighted by Gasteiger charge is 2.36. The monoisotopic (exact) mass is 208 g/mol. The van der Waals surface area contributed by atoms with E-state index in [1.54, 1.807) is 0 Å². The molecule has 0 aromatic heterocycles. The first-order valence-electron chi connectivity index (χ1n) is 5.44. The molecule has 2 nitrogen and oxygen atoms in total. The molecule has 1 aliphatic carbocycles. The van der Waals surface area contributed by atoms with E-state index in [2.05, 4.69) is 13.5 Å². The molecule has 1 aliphatic rings. The molecule has 0 radical (unpaired) electrons. The van der Waals surface area contributed by atoms with Crippen molar-refractivity contribution in [2.75, 3.05) is 7.11 Å². The van der Waals surface area contributed by atoms with Crippen molar-refractivity contribution in [3.8, 4) is 0 Å². The molecule has 0 aliphatic heterocycles. The van der Waals surface area contributed by atoms with Crippen molar-refractivity contribution >= 4 is 5.97 Å². The molecule has 1 rings (SSSR count). The van der Waals surface area contributed by atoms with E-state index in [1.165, 1.54) is 12.7 Å². The van der Waals surface area contributed by atoms with Crippen molar-refractivity contribution in [3.05, 3.63) is 23.8 Å². The van der Waals surface area contributed by atoms with Crippen LogP contribution in [0.25, 0.3) is 0 Å². The lowest BCUT2D eigenvalue weighted by molar-refractivity contribution is -0.137. The van der Waals surface area contributed by atoms with Crippen LogP contribution < -0.4 is 0 Å². The summed E-state index contributed by atoms with van der Waals surface area (Å²) < 4.78 is 4.87. The topological polar surface area (TPSA) is 26.3 Å². The first-order chi connectivity index (χ1) is 7.05. The summed E-state index contributed by atoms with van der Waals surface area (Å²) in [6.45, 7) is 7.93. The van der Waals surface area contributed by atoms with Crippen molar-refractivity contribution in [1.29, 1.82) is 0 Å². The zero-order valence-electron chi connectivity index (χ0n) is 9.93. The van der Waals surface area contributed by atoms with E-state index < -0.39 is 0 Å². The van der Waals surface area contributed by atoms with Gasteiger partial charge in [-0.3, -0.25) is 0 Å². The number of ether oxygens (including phenoxy) is 1. The second-order valence-electron chi connectivity index (χ2n) is 4.55. The normalized spacial score (nSPS) is 26.3. The van der Waals surface area contributed by atoms with E-state index in [9.17, 15) is 4.79 Å². The Hall–Kier alpha value is -1.05. The number of carbonyl (C=O) groups excluding carboxylic acids is 1. The predicted octanol–water partition coefficient (Wildman–Crippen LogP) is 3.24. The summed E-state index contributed by atoms with van der Waals surface area (Å²) in [4.78, 5) is 11.8. The smallest absolute Gasteiger partial charge is 0.334 e. The number of carbonyl (C=O) groups is 1. The Morgan fingerprint density at radius 3 is 2.87 bits per heavy atom. The fourth-order valence-corrected chi connectivity index (χ4v) is 2.55. The Morgan fingerprint density at radius 1 is 1.67 bits per heavy atom. The number of esters is 1. The minimum absolute atomic E-state index is 0.0722. The predicted molar refractivity (Wildman–Crippen MR) is 61.5 cm³/mol. The summed E-state index contributed by atoms with van der Waals surface area (Å²) in [5, 5.41) is 0. The van der Waals surface area contributed by atoms with E-state index >= 15 is 0 Å². The molecule has 1 atom stereocenters. The lowest BCUT2D eigenvalue weighted by atomic mass is 9.69. The van der Waals surface area contributed by atoms with Crippen LogP contribution in [0.1, 0.15) is 39.5 Å². The Bertz CT molecular complexity index is 302. The summed E-state index contributed by atoms with van der Waals surface area (Å²) in [5.74, 6) is -0.170. The summed E-state index contributed by atoms with van der Waals surface area (Å²) in [5.41, 5.74) is 1.98. The van der Waals surface area contributed by atoms with Gasteiger partial charge < -0.3 is 4.74 Å². The maximum atomic E-state index is 11.8. The van der Waals surface area contributed by atoms with Crippen LogP contribution in [0.3, 0.4) is 0 Å². The first kappa shape index (κ1) is 12.0. The second kappa shape index (κ2) is 4.65. The lowest BCUT2D eigenvalue weighted by Gasteiger charge is -2.35. The maximum absolute atomic E-state index is 11.8. The first-order valence-corrected chi connectivity index (χ1v) is 5.44. The van der Waals surface area contributed by atoms with Crippen LogP contribution >= 0.6 is 0 Å². The van der Waals surface area contributed by atoms with Crippen LogP contribution in [-0.2, 0) is 9.53 Å². The zero-order valence-corrected chi connectivity index (χ0v) is 9.93. The average Bonchev–Trinajstić information content (AvgIpc) is 2.17. The zero-order chi connectivity index (χ0) is 11.5. The summed E-state index contributed by atoms with van der Waals surface area (Å²) >= 11 is 0. The fourth-order valence-electron chi connectivity index (χ4n) is 2.55. The van der Waals surface area contributed by atoms with Crippen molar-refractivity contribution in [1.82, 2.24) is 0 Å². The number of rotatable bonds is 3. The van der Waals surface area contributed by atoms with Gasteiger partial charge in [-0.05, 0) is 32.6 Å². The van der Waals surface area contributed by atoms with Gasteiger partial charge in [-0.2, -0.15) is 0 Å². The minimum atomic E-state index is -0.170. The Labute approximate surface area is 92.0 Å². The molecule has 0 saturated carbocycles. The molecule has 0 amide bonds. The summed E-state index contributed by atoms with van der Waals surface area (Å²) in [6.07, 6.45) is 5.94. The van der Waals surface area contributed by atoms with Crippen molar-refractivity contribution < 1.29 is 9.53 Å². The van der Waals surface area contributed by atoms with Gasteiger partial charge in [0, 0.05) is 11.0 Å². The molecule has 0 bridgehead atoms. The SMILES string of the molecule is C=CC[C@]1(C)CCCC(C)=C1C(=O)OC. The molecule has 0 unspecified atom stereocenters. The third-order valence-corrected chi connectivity index (χ3v) is 3.30. The van der Waals surface area contributed by atoms with Gasteiger partial charge in [0.1, 0.15) is 0 Å². The van der Waals surface area contributed by atoms with Crippen LogP contribution in [0.5, 0.6) is 0 Å². The molecule has 0 spiro atoms. The third-order valence-electron chi connectivity index (χ3n) is 3.30. The van der Waals surface area contributed by atoms with Gasteiger partial charge in [-0.25, -0.2) is 4.79 Å². The average molecular weight is 208 g/mol. The van der Waals surface area contributed by atoms with Gasteiger partial charge in [0.15, 0.2) is 0 Å². The molecular formula is C13H20O2. The quantitative estimate of drug-likeness (QED) is 0.525. The molecule has 0 N–H and O–H groups in total. The standard InChI is InChI=1S/C13H20O2/c1-5-8-13(3)9-6-7-10(2)11(13)12(14)15-4/h5H,1,6-9H2,2-4H3/t13-/m1/s1. The van der Waals surface area contributed by atoms with Gasteiger partial charge in [-0.1, -0.05) is 18.6 Å². The maximum Gasteiger partial charge on any atom is 0.334 e. The molecule has 15 heavy (non-hydrogen) atoms. The van der Waals surface area contributed by atoms with Crippen molar-refractivity contribution in [2.45, 2.75) is 39.5 Å². The molecule has 0 aromatic carbocycles. The van der Waals surface area contributed by atoms with Gasteiger partial charge >= 0.3 is 5.97 Å². The Balaban J connectivity index is 3.10. The number of allylic oxidation sites excluding steroid dienone is 2. The summed E-state index contributed by atoms with van der Waals surface area (Å²) in [6, 6.07) is 0.